The molecule has 0 bridgehead atoms. The molecule has 0 atom stereocenters. The van der Waals surface area contributed by atoms with Gasteiger partial charge in [0.1, 0.15) is 0 Å². The molecule has 1 aliphatic heterocycles. The third kappa shape index (κ3) is 3.90. The molecular formula is C15H22F2N2. The molecule has 106 valence electrons. The summed E-state index contributed by atoms with van der Waals surface area (Å²) >= 11 is 0. The van der Waals surface area contributed by atoms with Crippen molar-refractivity contribution < 1.29 is 8.78 Å². The molecule has 0 amide bonds. The van der Waals surface area contributed by atoms with Crippen molar-refractivity contribution in [3.8, 4) is 0 Å². The van der Waals surface area contributed by atoms with Gasteiger partial charge in [-0.3, -0.25) is 0 Å². The highest BCUT2D eigenvalue weighted by Crippen LogP contribution is 2.21. The van der Waals surface area contributed by atoms with E-state index in [-0.39, 0.29) is 11.7 Å². The lowest BCUT2D eigenvalue weighted by molar-refractivity contribution is 0.198. The SMILES string of the molecule is CC(C)CN1CCC(Nc2cccc(F)c2F)CC1. The van der Waals surface area contributed by atoms with Gasteiger partial charge in [-0.25, -0.2) is 8.78 Å². The van der Waals surface area contributed by atoms with E-state index in [4.69, 9.17) is 0 Å². The maximum Gasteiger partial charge on any atom is 0.181 e. The number of nitrogens with one attached hydrogen (secondary N) is 1. The Morgan fingerprint density at radius 3 is 2.58 bits per heavy atom. The maximum absolute atomic E-state index is 13.6. The van der Waals surface area contributed by atoms with Gasteiger partial charge in [-0.05, 0) is 30.9 Å². The van der Waals surface area contributed by atoms with Crippen LogP contribution < -0.4 is 5.32 Å². The fourth-order valence-electron chi connectivity index (χ4n) is 2.61. The second kappa shape index (κ2) is 6.33. The van der Waals surface area contributed by atoms with E-state index < -0.39 is 11.6 Å². The molecule has 0 aliphatic carbocycles. The molecule has 2 rings (SSSR count). The van der Waals surface area contributed by atoms with E-state index in [1.54, 1.807) is 6.07 Å². The maximum atomic E-state index is 13.6. The molecule has 19 heavy (non-hydrogen) atoms. The van der Waals surface area contributed by atoms with Crippen LogP contribution in [0.1, 0.15) is 26.7 Å². The summed E-state index contributed by atoms with van der Waals surface area (Å²) in [5.74, 6) is -0.889. The van der Waals surface area contributed by atoms with Gasteiger partial charge in [0.05, 0.1) is 5.69 Å². The number of piperidine rings is 1. The Kier molecular flexibility index (Phi) is 4.75. The first kappa shape index (κ1) is 14.3. The number of anilines is 1. The van der Waals surface area contributed by atoms with Crippen molar-refractivity contribution in [2.45, 2.75) is 32.7 Å². The van der Waals surface area contributed by atoms with Gasteiger partial charge >= 0.3 is 0 Å². The third-order valence-electron chi connectivity index (χ3n) is 3.52. The van der Waals surface area contributed by atoms with E-state index in [2.05, 4.69) is 24.1 Å². The van der Waals surface area contributed by atoms with Gasteiger partial charge in [-0.15, -0.1) is 0 Å². The number of benzene rings is 1. The van der Waals surface area contributed by atoms with Crippen molar-refractivity contribution in [3.63, 3.8) is 0 Å². The van der Waals surface area contributed by atoms with E-state index in [0.717, 1.165) is 38.5 Å². The third-order valence-corrected chi connectivity index (χ3v) is 3.52. The normalized spacial score (nSPS) is 17.9. The largest absolute Gasteiger partial charge is 0.380 e. The Bertz CT molecular complexity index is 413. The molecule has 0 aromatic heterocycles. The molecule has 0 spiro atoms. The van der Waals surface area contributed by atoms with Crippen LogP contribution in [0.4, 0.5) is 14.5 Å². The number of hydrogen-bond donors (Lipinski definition) is 1. The minimum absolute atomic E-state index is 0.236. The number of nitrogens with zero attached hydrogens (tertiary/aromatic N) is 1. The topological polar surface area (TPSA) is 15.3 Å². The quantitative estimate of drug-likeness (QED) is 0.899. The van der Waals surface area contributed by atoms with Crippen molar-refractivity contribution in [1.82, 2.24) is 4.90 Å². The van der Waals surface area contributed by atoms with Crippen molar-refractivity contribution in [1.29, 1.82) is 0 Å². The fourth-order valence-corrected chi connectivity index (χ4v) is 2.61. The zero-order valence-electron chi connectivity index (χ0n) is 11.6. The number of halogens is 2. The highest BCUT2D eigenvalue weighted by molar-refractivity contribution is 5.45. The Morgan fingerprint density at radius 1 is 1.26 bits per heavy atom. The second-order valence-corrected chi connectivity index (χ2v) is 5.71. The molecule has 0 unspecified atom stereocenters. The van der Waals surface area contributed by atoms with Crippen LogP contribution in [0, 0.1) is 17.6 Å². The molecular weight excluding hydrogens is 246 g/mol. The van der Waals surface area contributed by atoms with Gasteiger partial charge < -0.3 is 10.2 Å². The molecule has 1 heterocycles. The van der Waals surface area contributed by atoms with Crippen LogP contribution in [0.2, 0.25) is 0 Å². The summed E-state index contributed by atoms with van der Waals surface area (Å²) in [6, 6.07) is 4.51. The highest BCUT2D eigenvalue weighted by atomic mass is 19.2. The molecule has 1 aliphatic rings. The van der Waals surface area contributed by atoms with E-state index in [1.807, 2.05) is 0 Å². The van der Waals surface area contributed by atoms with E-state index >= 15 is 0 Å². The van der Waals surface area contributed by atoms with Crippen LogP contribution in [0.25, 0.3) is 0 Å². The first-order chi connectivity index (χ1) is 9.06. The Hall–Kier alpha value is -1.16. The number of likely N-dealkylation sites (tertiary alicyclic amines) is 1. The zero-order valence-corrected chi connectivity index (χ0v) is 11.6. The first-order valence-electron chi connectivity index (χ1n) is 6.99. The minimum Gasteiger partial charge on any atom is -0.380 e. The monoisotopic (exact) mass is 268 g/mol. The first-order valence-corrected chi connectivity index (χ1v) is 6.99. The van der Waals surface area contributed by atoms with Gasteiger partial charge in [-0.1, -0.05) is 19.9 Å². The van der Waals surface area contributed by atoms with Crippen LogP contribution in [0.15, 0.2) is 18.2 Å². The Balaban J connectivity index is 1.87. The highest BCUT2D eigenvalue weighted by Gasteiger charge is 2.20. The van der Waals surface area contributed by atoms with Crippen LogP contribution in [-0.2, 0) is 0 Å². The molecule has 1 saturated heterocycles. The van der Waals surface area contributed by atoms with Gasteiger partial charge in [0, 0.05) is 25.7 Å². The standard InChI is InChI=1S/C15H22F2N2/c1-11(2)10-19-8-6-12(7-9-19)18-14-5-3-4-13(16)15(14)17/h3-5,11-12,18H,6-10H2,1-2H3. The molecule has 1 aromatic rings. The van der Waals surface area contributed by atoms with Gasteiger partial charge in [0.2, 0.25) is 0 Å². The smallest absolute Gasteiger partial charge is 0.181 e. The van der Waals surface area contributed by atoms with E-state index in [0.29, 0.717) is 5.92 Å². The molecule has 0 saturated carbocycles. The molecule has 2 nitrogen and oxygen atoms in total. The molecule has 0 radical (unpaired) electrons. The lowest BCUT2D eigenvalue weighted by Crippen LogP contribution is -2.40. The molecule has 4 heteroatoms. The van der Waals surface area contributed by atoms with Crippen molar-refractivity contribution in [2.24, 2.45) is 5.92 Å². The average Bonchev–Trinajstić information content (AvgIpc) is 2.37. The average molecular weight is 268 g/mol. The van der Waals surface area contributed by atoms with Gasteiger partial charge in [0.15, 0.2) is 11.6 Å². The fraction of sp³-hybridized carbons (Fsp3) is 0.600. The lowest BCUT2D eigenvalue weighted by Gasteiger charge is -2.33. The summed E-state index contributed by atoms with van der Waals surface area (Å²) in [5, 5.41) is 3.12. The predicted molar refractivity (Wildman–Crippen MR) is 74.3 cm³/mol. The summed E-state index contributed by atoms with van der Waals surface area (Å²) in [6.07, 6.45) is 1.95. The Morgan fingerprint density at radius 2 is 1.95 bits per heavy atom. The zero-order chi connectivity index (χ0) is 13.8. The van der Waals surface area contributed by atoms with Crippen LogP contribution in [-0.4, -0.2) is 30.6 Å². The molecule has 1 N–H and O–H groups in total. The van der Waals surface area contributed by atoms with Crippen molar-refractivity contribution >= 4 is 5.69 Å². The summed E-state index contributed by atoms with van der Waals surface area (Å²) in [6.45, 7) is 7.58. The Labute approximate surface area is 113 Å². The minimum atomic E-state index is -0.790. The summed E-state index contributed by atoms with van der Waals surface area (Å²) in [5.41, 5.74) is 0.280. The number of rotatable bonds is 4. The van der Waals surface area contributed by atoms with E-state index in [9.17, 15) is 8.78 Å². The molecule has 1 fully saturated rings. The van der Waals surface area contributed by atoms with Crippen LogP contribution in [0.3, 0.4) is 0 Å². The summed E-state index contributed by atoms with van der Waals surface area (Å²) < 4.78 is 26.7. The second-order valence-electron chi connectivity index (χ2n) is 5.71. The summed E-state index contributed by atoms with van der Waals surface area (Å²) in [7, 11) is 0. The van der Waals surface area contributed by atoms with Gasteiger partial charge in [-0.2, -0.15) is 0 Å². The van der Waals surface area contributed by atoms with Crippen molar-refractivity contribution in [3.05, 3.63) is 29.8 Å². The van der Waals surface area contributed by atoms with E-state index in [1.165, 1.54) is 6.07 Å². The van der Waals surface area contributed by atoms with Gasteiger partial charge in [0.25, 0.3) is 0 Å². The summed E-state index contributed by atoms with van der Waals surface area (Å²) in [4.78, 5) is 2.44. The van der Waals surface area contributed by atoms with Crippen LogP contribution in [0.5, 0.6) is 0 Å². The van der Waals surface area contributed by atoms with Crippen LogP contribution >= 0.6 is 0 Å². The molecule has 1 aromatic carbocycles. The number of hydrogen-bond acceptors (Lipinski definition) is 2. The van der Waals surface area contributed by atoms with Crippen molar-refractivity contribution in [2.75, 3.05) is 25.0 Å². The predicted octanol–water partition coefficient (Wildman–Crippen LogP) is 3.50. The lowest BCUT2D eigenvalue weighted by atomic mass is 10.0.